The molecule has 2 rings (SSSR count). The Labute approximate surface area is 143 Å². The lowest BCUT2D eigenvalue weighted by molar-refractivity contribution is 0.532. The quantitative estimate of drug-likeness (QED) is 0.640. The van der Waals surface area contributed by atoms with Gasteiger partial charge in [-0.25, -0.2) is 9.98 Å². The summed E-state index contributed by atoms with van der Waals surface area (Å²) in [6.07, 6.45) is 3.13. The Balaban J connectivity index is 2.04. The zero-order chi connectivity index (χ0) is 16.8. The molecule has 1 heterocycles. The zero-order valence-corrected chi connectivity index (χ0v) is 15.3. The molecule has 1 aliphatic carbocycles. The molecule has 0 spiro atoms. The van der Waals surface area contributed by atoms with Crippen LogP contribution in [0.5, 0.6) is 0 Å². The number of aryl methyl sites for hydroxylation is 1. The largest absolute Gasteiger partial charge is 0.357 e. The normalized spacial score (nSPS) is 21.5. The van der Waals surface area contributed by atoms with Crippen molar-refractivity contribution in [3.05, 3.63) is 15.6 Å². The number of nitrogens with zero attached hydrogens (tertiary/aromatic N) is 3. The molecular formula is C17H27N5S. The Kier molecular flexibility index (Phi) is 6.40. The molecule has 0 radical (unpaired) electrons. The van der Waals surface area contributed by atoms with Gasteiger partial charge in [-0.1, -0.05) is 13.8 Å². The Morgan fingerprint density at radius 3 is 2.87 bits per heavy atom. The molecule has 0 aliphatic heterocycles. The van der Waals surface area contributed by atoms with Crippen LogP contribution in [0.3, 0.4) is 0 Å². The van der Waals surface area contributed by atoms with Crippen LogP contribution >= 0.6 is 11.3 Å². The lowest BCUT2D eigenvalue weighted by atomic mass is 10.1. The van der Waals surface area contributed by atoms with Gasteiger partial charge in [0.1, 0.15) is 5.01 Å². The maximum Gasteiger partial charge on any atom is 0.191 e. The highest BCUT2D eigenvalue weighted by atomic mass is 32.1. The number of rotatable bonds is 5. The van der Waals surface area contributed by atoms with E-state index in [1.165, 1.54) is 10.6 Å². The zero-order valence-electron chi connectivity index (χ0n) is 14.5. The van der Waals surface area contributed by atoms with E-state index in [4.69, 9.17) is 4.98 Å². The maximum absolute atomic E-state index is 9.21. The number of hydrogen-bond acceptors (Lipinski definition) is 4. The minimum Gasteiger partial charge on any atom is -0.357 e. The summed E-state index contributed by atoms with van der Waals surface area (Å²) in [4.78, 5) is 10.7. The first-order chi connectivity index (χ1) is 11.0. The van der Waals surface area contributed by atoms with Gasteiger partial charge in [0, 0.05) is 17.5 Å². The molecule has 2 unspecified atom stereocenters. The van der Waals surface area contributed by atoms with Crippen molar-refractivity contribution >= 4 is 17.3 Å². The van der Waals surface area contributed by atoms with Crippen LogP contribution < -0.4 is 10.6 Å². The smallest absolute Gasteiger partial charge is 0.191 e. The van der Waals surface area contributed by atoms with Crippen LogP contribution in [0.25, 0.3) is 0 Å². The standard InChI is InChI=1S/C17H27N5S/c1-5-19-17(21-14-8-6-7-13(14)9-18)20-10-15-22-16(11(2)3)12(4)23-15/h11,13-14H,5-8,10H2,1-4H3,(H2,19,20,21). The van der Waals surface area contributed by atoms with Crippen molar-refractivity contribution in [2.24, 2.45) is 10.9 Å². The van der Waals surface area contributed by atoms with Gasteiger partial charge in [0.15, 0.2) is 5.96 Å². The summed E-state index contributed by atoms with van der Waals surface area (Å²) >= 11 is 1.72. The average molecular weight is 334 g/mol. The van der Waals surface area contributed by atoms with Crippen LogP contribution in [-0.4, -0.2) is 23.5 Å². The predicted octanol–water partition coefficient (Wildman–Crippen LogP) is 3.32. The second-order valence-electron chi connectivity index (χ2n) is 6.32. The summed E-state index contributed by atoms with van der Waals surface area (Å²) in [7, 11) is 0. The molecule has 0 saturated heterocycles. The number of guanidine groups is 1. The first-order valence-electron chi connectivity index (χ1n) is 8.45. The first-order valence-corrected chi connectivity index (χ1v) is 9.27. The molecule has 1 aromatic rings. The van der Waals surface area contributed by atoms with E-state index >= 15 is 0 Å². The SMILES string of the molecule is CCNC(=NCc1nc(C(C)C)c(C)s1)NC1CCCC1C#N. The van der Waals surface area contributed by atoms with Crippen molar-refractivity contribution in [2.75, 3.05) is 6.54 Å². The molecule has 2 atom stereocenters. The minimum absolute atomic E-state index is 0.0912. The summed E-state index contributed by atoms with van der Waals surface area (Å²) in [6.45, 7) is 9.91. The molecule has 5 nitrogen and oxygen atoms in total. The first kappa shape index (κ1) is 17.7. The van der Waals surface area contributed by atoms with Crippen molar-refractivity contribution in [1.82, 2.24) is 15.6 Å². The summed E-state index contributed by atoms with van der Waals surface area (Å²) in [6, 6.07) is 2.61. The van der Waals surface area contributed by atoms with E-state index in [2.05, 4.69) is 49.4 Å². The highest BCUT2D eigenvalue weighted by molar-refractivity contribution is 7.11. The molecule has 126 valence electrons. The summed E-state index contributed by atoms with van der Waals surface area (Å²) < 4.78 is 0. The van der Waals surface area contributed by atoms with E-state index < -0.39 is 0 Å². The van der Waals surface area contributed by atoms with Gasteiger partial charge in [-0.2, -0.15) is 5.26 Å². The van der Waals surface area contributed by atoms with Crippen LogP contribution in [0.15, 0.2) is 4.99 Å². The molecule has 6 heteroatoms. The molecule has 1 saturated carbocycles. The topological polar surface area (TPSA) is 73.1 Å². The highest BCUT2D eigenvalue weighted by Crippen LogP contribution is 2.25. The van der Waals surface area contributed by atoms with Gasteiger partial charge >= 0.3 is 0 Å². The Morgan fingerprint density at radius 1 is 1.48 bits per heavy atom. The van der Waals surface area contributed by atoms with Crippen LogP contribution in [0.1, 0.15) is 61.5 Å². The maximum atomic E-state index is 9.21. The Bertz CT molecular complexity index is 584. The summed E-state index contributed by atoms with van der Waals surface area (Å²) in [5.41, 5.74) is 1.18. The Morgan fingerprint density at radius 2 is 2.26 bits per heavy atom. The summed E-state index contributed by atoms with van der Waals surface area (Å²) in [5.74, 6) is 1.33. The van der Waals surface area contributed by atoms with Gasteiger partial charge < -0.3 is 10.6 Å². The lowest BCUT2D eigenvalue weighted by Gasteiger charge is -2.19. The number of nitriles is 1. The third-order valence-electron chi connectivity index (χ3n) is 4.14. The molecule has 23 heavy (non-hydrogen) atoms. The third-order valence-corrected chi connectivity index (χ3v) is 5.12. The average Bonchev–Trinajstić information content (AvgIpc) is 3.11. The van der Waals surface area contributed by atoms with Crippen LogP contribution in [0.2, 0.25) is 0 Å². The minimum atomic E-state index is 0.0912. The van der Waals surface area contributed by atoms with E-state index in [1.54, 1.807) is 11.3 Å². The number of thiazole rings is 1. The van der Waals surface area contributed by atoms with Crippen LogP contribution in [0.4, 0.5) is 0 Å². The van der Waals surface area contributed by atoms with Crippen LogP contribution in [0, 0.1) is 24.2 Å². The highest BCUT2D eigenvalue weighted by Gasteiger charge is 2.27. The molecule has 0 amide bonds. The fraction of sp³-hybridized carbons (Fsp3) is 0.706. The number of hydrogen-bond donors (Lipinski definition) is 2. The van der Waals surface area contributed by atoms with Gasteiger partial charge in [-0.3, -0.25) is 0 Å². The number of nitrogens with one attached hydrogen (secondary N) is 2. The molecule has 2 N–H and O–H groups in total. The van der Waals surface area contributed by atoms with Crippen LogP contribution in [-0.2, 0) is 6.54 Å². The molecular weight excluding hydrogens is 306 g/mol. The summed E-state index contributed by atoms with van der Waals surface area (Å²) in [5, 5.41) is 17.0. The van der Waals surface area contributed by atoms with Crippen molar-refractivity contribution < 1.29 is 0 Å². The number of aromatic nitrogens is 1. The van der Waals surface area contributed by atoms with E-state index in [-0.39, 0.29) is 12.0 Å². The third kappa shape index (κ3) is 4.68. The Hall–Kier alpha value is -1.61. The van der Waals surface area contributed by atoms with Gasteiger partial charge in [0.25, 0.3) is 0 Å². The van der Waals surface area contributed by atoms with E-state index in [0.717, 1.165) is 36.8 Å². The van der Waals surface area contributed by atoms with E-state index in [0.29, 0.717) is 12.5 Å². The van der Waals surface area contributed by atoms with E-state index in [1.807, 2.05) is 0 Å². The van der Waals surface area contributed by atoms with Gasteiger partial charge in [-0.05, 0) is 39.0 Å². The van der Waals surface area contributed by atoms with Crippen molar-refractivity contribution in [2.45, 2.75) is 65.5 Å². The molecule has 1 aliphatic rings. The fourth-order valence-electron chi connectivity index (χ4n) is 3.00. The second-order valence-corrected chi connectivity index (χ2v) is 7.60. The molecule has 1 fully saturated rings. The van der Waals surface area contributed by atoms with Crippen molar-refractivity contribution in [3.8, 4) is 6.07 Å². The monoisotopic (exact) mass is 333 g/mol. The molecule has 0 bridgehead atoms. The molecule has 0 aromatic carbocycles. The van der Waals surface area contributed by atoms with Gasteiger partial charge in [0.05, 0.1) is 24.2 Å². The lowest BCUT2D eigenvalue weighted by Crippen LogP contribution is -2.44. The van der Waals surface area contributed by atoms with Gasteiger partial charge in [0.2, 0.25) is 0 Å². The van der Waals surface area contributed by atoms with E-state index in [9.17, 15) is 5.26 Å². The predicted molar refractivity (Wildman–Crippen MR) is 95.6 cm³/mol. The van der Waals surface area contributed by atoms with Crippen molar-refractivity contribution in [3.63, 3.8) is 0 Å². The number of aliphatic imine (C=N–C) groups is 1. The molecule has 1 aromatic heterocycles. The van der Waals surface area contributed by atoms with Crippen molar-refractivity contribution in [1.29, 1.82) is 5.26 Å². The second kappa shape index (κ2) is 8.30. The fourth-order valence-corrected chi connectivity index (χ4v) is 4.01. The van der Waals surface area contributed by atoms with Gasteiger partial charge in [-0.15, -0.1) is 11.3 Å².